The molecule has 0 aliphatic rings. The minimum Gasteiger partial charge on any atom is -0.310 e. The number of hydrogen-bond acceptors (Lipinski definition) is 3. The number of hydrogen-bond donors (Lipinski definition) is 0. The number of aromatic nitrogens is 1. The van der Waals surface area contributed by atoms with E-state index in [4.69, 9.17) is 0 Å². The van der Waals surface area contributed by atoms with Gasteiger partial charge in [0, 0.05) is 49.3 Å². The Balaban J connectivity index is 1.14. The fraction of sp³-hybridized carbons (Fsp3) is 0. The maximum Gasteiger partial charge on any atom is 0.0546 e. The molecule has 0 fully saturated rings. The molecule has 0 spiro atoms. The zero-order valence-corrected chi connectivity index (χ0v) is 27.9. The Morgan fingerprint density at radius 2 is 1.02 bits per heavy atom. The van der Waals surface area contributed by atoms with E-state index in [0.29, 0.717) is 0 Å². The summed E-state index contributed by atoms with van der Waals surface area (Å²) in [6, 6.07) is 61.9. The molecule has 0 N–H and O–H groups in total. The summed E-state index contributed by atoms with van der Waals surface area (Å²) < 4.78 is 2.55. The summed E-state index contributed by atoms with van der Waals surface area (Å²) in [5, 5.41) is 10.0. The van der Waals surface area contributed by atoms with Gasteiger partial charge >= 0.3 is 0 Å². The first-order chi connectivity index (χ1) is 24.8. The standard InChI is InChI=1S/C47H30N2S/c1-2-8-31(9-3-1)32-16-21-37(22-17-32)49(44-28-36-15-14-34-10-4-5-11-39(34)47(36)42-13-7-6-12-40(42)44)38-23-18-33(19-24-38)35-20-25-41-43-30-48-27-26-45(43)50-46(41)29-35/h1-30H. The summed E-state index contributed by atoms with van der Waals surface area (Å²) in [4.78, 5) is 6.78. The summed E-state index contributed by atoms with van der Waals surface area (Å²) in [6.45, 7) is 0. The van der Waals surface area contributed by atoms with E-state index in [-0.39, 0.29) is 0 Å². The van der Waals surface area contributed by atoms with Crippen LogP contribution in [-0.4, -0.2) is 4.98 Å². The predicted octanol–water partition coefficient (Wildman–Crippen LogP) is 13.7. The molecule has 0 saturated heterocycles. The summed E-state index contributed by atoms with van der Waals surface area (Å²) >= 11 is 1.83. The number of pyridine rings is 1. The first-order valence-electron chi connectivity index (χ1n) is 16.9. The van der Waals surface area contributed by atoms with Gasteiger partial charge in [0.25, 0.3) is 0 Å². The van der Waals surface area contributed by atoms with Gasteiger partial charge in [-0.3, -0.25) is 4.98 Å². The highest BCUT2D eigenvalue weighted by atomic mass is 32.1. The fourth-order valence-electron chi connectivity index (χ4n) is 7.51. The van der Waals surface area contributed by atoms with E-state index in [1.807, 2.05) is 23.7 Å². The van der Waals surface area contributed by atoms with Crippen LogP contribution in [0.15, 0.2) is 182 Å². The Bertz CT molecular complexity index is 2850. The second-order valence-electron chi connectivity index (χ2n) is 12.8. The molecule has 0 aliphatic carbocycles. The first kappa shape index (κ1) is 28.7. The monoisotopic (exact) mass is 654 g/mol. The van der Waals surface area contributed by atoms with Gasteiger partial charge in [0.1, 0.15) is 0 Å². The van der Waals surface area contributed by atoms with Crippen LogP contribution in [0.1, 0.15) is 0 Å². The third-order valence-corrected chi connectivity index (χ3v) is 11.1. The van der Waals surface area contributed by atoms with Crippen LogP contribution in [-0.2, 0) is 0 Å². The molecule has 2 nitrogen and oxygen atoms in total. The lowest BCUT2D eigenvalue weighted by molar-refractivity contribution is 1.30. The molecule has 0 saturated carbocycles. The quantitative estimate of drug-likeness (QED) is 0.172. The molecule has 10 aromatic rings. The van der Waals surface area contributed by atoms with Gasteiger partial charge in [-0.1, -0.05) is 127 Å². The molecular weight excluding hydrogens is 625 g/mol. The van der Waals surface area contributed by atoms with Crippen LogP contribution in [0.2, 0.25) is 0 Å². The molecule has 10 rings (SSSR count). The SMILES string of the molecule is c1ccc(-c2ccc(N(c3ccc(-c4ccc5c(c4)sc4ccncc45)cc3)c3cc4ccc5ccccc5c4c4ccccc34)cc2)cc1. The van der Waals surface area contributed by atoms with Crippen LogP contribution in [0.4, 0.5) is 17.1 Å². The second-order valence-corrected chi connectivity index (χ2v) is 13.9. The summed E-state index contributed by atoms with van der Waals surface area (Å²) in [5.41, 5.74) is 8.20. The molecule has 0 aliphatic heterocycles. The minimum atomic E-state index is 1.11. The largest absolute Gasteiger partial charge is 0.310 e. The van der Waals surface area contributed by atoms with E-state index in [2.05, 4.69) is 180 Å². The van der Waals surface area contributed by atoms with E-state index in [1.165, 1.54) is 74.7 Å². The van der Waals surface area contributed by atoms with E-state index >= 15 is 0 Å². The number of anilines is 3. The lowest BCUT2D eigenvalue weighted by Gasteiger charge is -2.28. The van der Waals surface area contributed by atoms with Crippen molar-refractivity contribution in [2.24, 2.45) is 0 Å². The van der Waals surface area contributed by atoms with Crippen LogP contribution in [0.3, 0.4) is 0 Å². The number of rotatable bonds is 5. The van der Waals surface area contributed by atoms with Crippen molar-refractivity contribution in [3.63, 3.8) is 0 Å². The average molecular weight is 655 g/mol. The summed E-state index contributed by atoms with van der Waals surface area (Å²) in [6.07, 6.45) is 3.85. The number of thiophene rings is 1. The van der Waals surface area contributed by atoms with Gasteiger partial charge in [0.05, 0.1) is 5.69 Å². The van der Waals surface area contributed by atoms with Gasteiger partial charge in [-0.15, -0.1) is 11.3 Å². The van der Waals surface area contributed by atoms with Crippen LogP contribution in [0.25, 0.3) is 74.7 Å². The highest BCUT2D eigenvalue weighted by Crippen LogP contribution is 2.44. The number of benzene rings is 8. The Hall–Kier alpha value is -6.29. The minimum absolute atomic E-state index is 1.11. The normalized spacial score (nSPS) is 11.6. The molecule has 0 bridgehead atoms. The molecule has 0 atom stereocenters. The fourth-order valence-corrected chi connectivity index (χ4v) is 8.62. The van der Waals surface area contributed by atoms with Crippen molar-refractivity contribution in [1.82, 2.24) is 4.98 Å². The van der Waals surface area contributed by atoms with Crippen LogP contribution >= 0.6 is 11.3 Å². The smallest absolute Gasteiger partial charge is 0.0546 e. The Morgan fingerprint density at radius 3 is 1.80 bits per heavy atom. The van der Waals surface area contributed by atoms with Crippen molar-refractivity contribution in [2.45, 2.75) is 0 Å². The number of nitrogens with zero attached hydrogens (tertiary/aromatic N) is 2. The highest BCUT2D eigenvalue weighted by molar-refractivity contribution is 7.25. The third kappa shape index (κ3) is 4.74. The van der Waals surface area contributed by atoms with Crippen molar-refractivity contribution in [3.05, 3.63) is 182 Å². The summed E-state index contributed by atoms with van der Waals surface area (Å²) in [7, 11) is 0. The molecule has 2 heterocycles. The molecule has 0 amide bonds. The van der Waals surface area contributed by atoms with Crippen LogP contribution < -0.4 is 4.90 Å². The van der Waals surface area contributed by atoms with Crippen molar-refractivity contribution >= 4 is 80.9 Å². The lowest BCUT2D eigenvalue weighted by Crippen LogP contribution is -2.10. The van der Waals surface area contributed by atoms with Gasteiger partial charge in [0.15, 0.2) is 0 Å². The predicted molar refractivity (Wildman–Crippen MR) is 215 cm³/mol. The summed E-state index contributed by atoms with van der Waals surface area (Å²) in [5.74, 6) is 0. The van der Waals surface area contributed by atoms with Crippen LogP contribution in [0, 0.1) is 0 Å². The second kappa shape index (κ2) is 11.7. The molecule has 2 aromatic heterocycles. The van der Waals surface area contributed by atoms with E-state index in [9.17, 15) is 0 Å². The maximum absolute atomic E-state index is 4.36. The van der Waals surface area contributed by atoms with Crippen molar-refractivity contribution < 1.29 is 0 Å². The van der Waals surface area contributed by atoms with Gasteiger partial charge in [-0.05, 0) is 91.6 Å². The van der Waals surface area contributed by atoms with E-state index in [0.717, 1.165) is 17.1 Å². The van der Waals surface area contributed by atoms with E-state index < -0.39 is 0 Å². The lowest BCUT2D eigenvalue weighted by atomic mass is 9.94. The molecule has 234 valence electrons. The Labute approximate surface area is 294 Å². The zero-order valence-electron chi connectivity index (χ0n) is 27.1. The third-order valence-electron chi connectivity index (χ3n) is 9.93. The average Bonchev–Trinajstić information content (AvgIpc) is 3.57. The molecule has 50 heavy (non-hydrogen) atoms. The Morgan fingerprint density at radius 1 is 0.400 bits per heavy atom. The molecule has 0 radical (unpaired) electrons. The van der Waals surface area contributed by atoms with Gasteiger partial charge in [-0.2, -0.15) is 0 Å². The van der Waals surface area contributed by atoms with Gasteiger partial charge in [0.2, 0.25) is 0 Å². The van der Waals surface area contributed by atoms with Crippen LogP contribution in [0.5, 0.6) is 0 Å². The molecular formula is C47H30N2S. The van der Waals surface area contributed by atoms with Gasteiger partial charge < -0.3 is 4.90 Å². The Kier molecular flexibility index (Phi) is 6.71. The number of fused-ring (bicyclic) bond motifs is 8. The topological polar surface area (TPSA) is 16.1 Å². The first-order valence-corrected chi connectivity index (χ1v) is 17.8. The highest BCUT2D eigenvalue weighted by Gasteiger charge is 2.19. The molecule has 0 unspecified atom stereocenters. The van der Waals surface area contributed by atoms with E-state index in [1.54, 1.807) is 0 Å². The zero-order chi connectivity index (χ0) is 33.0. The van der Waals surface area contributed by atoms with Crippen molar-refractivity contribution in [2.75, 3.05) is 4.90 Å². The molecule has 3 heteroatoms. The van der Waals surface area contributed by atoms with Crippen molar-refractivity contribution in [3.8, 4) is 22.3 Å². The molecule has 8 aromatic carbocycles. The van der Waals surface area contributed by atoms with Gasteiger partial charge in [-0.25, -0.2) is 0 Å². The maximum atomic E-state index is 4.36. The van der Waals surface area contributed by atoms with Crippen molar-refractivity contribution in [1.29, 1.82) is 0 Å².